The SMILES string of the molecule is CC1CNCCCN(c2ccc(C(C)C)cc2)C1. The summed E-state index contributed by atoms with van der Waals surface area (Å²) in [7, 11) is 0. The first kappa shape index (κ1) is 13.4. The molecule has 1 aromatic carbocycles. The summed E-state index contributed by atoms with van der Waals surface area (Å²) in [5, 5.41) is 3.51. The standard InChI is InChI=1S/C16H26N2/c1-13(2)15-5-7-16(8-6-15)18-10-4-9-17-11-14(3)12-18/h5-8,13-14,17H,4,9-12H2,1-3H3. The van der Waals surface area contributed by atoms with E-state index in [-0.39, 0.29) is 0 Å². The van der Waals surface area contributed by atoms with Crippen LogP contribution in [0.15, 0.2) is 24.3 Å². The van der Waals surface area contributed by atoms with E-state index in [0.29, 0.717) is 5.92 Å². The van der Waals surface area contributed by atoms with Gasteiger partial charge in [0.15, 0.2) is 0 Å². The van der Waals surface area contributed by atoms with Crippen LogP contribution in [-0.2, 0) is 0 Å². The molecule has 1 aliphatic rings. The second kappa shape index (κ2) is 6.24. The number of nitrogens with zero attached hydrogens (tertiary/aromatic N) is 1. The molecule has 100 valence electrons. The molecule has 0 aromatic heterocycles. The summed E-state index contributed by atoms with van der Waals surface area (Å²) >= 11 is 0. The largest absolute Gasteiger partial charge is 0.371 e. The molecular formula is C16H26N2. The molecule has 0 radical (unpaired) electrons. The monoisotopic (exact) mass is 246 g/mol. The van der Waals surface area contributed by atoms with Gasteiger partial charge in [-0.05, 0) is 49.0 Å². The summed E-state index contributed by atoms with van der Waals surface area (Å²) in [6.45, 7) is 11.4. The lowest BCUT2D eigenvalue weighted by molar-refractivity contribution is 0.468. The molecule has 0 amide bonds. The van der Waals surface area contributed by atoms with Gasteiger partial charge in [-0.15, -0.1) is 0 Å². The highest BCUT2D eigenvalue weighted by Crippen LogP contribution is 2.21. The molecule has 1 atom stereocenters. The molecule has 1 aromatic rings. The lowest BCUT2D eigenvalue weighted by Crippen LogP contribution is -2.38. The zero-order valence-electron chi connectivity index (χ0n) is 11.9. The Bertz CT molecular complexity index is 356. The minimum atomic E-state index is 0.620. The molecule has 0 saturated carbocycles. The maximum atomic E-state index is 3.51. The maximum absolute atomic E-state index is 3.51. The first-order chi connectivity index (χ1) is 8.66. The van der Waals surface area contributed by atoms with Crippen LogP contribution in [0.4, 0.5) is 5.69 Å². The fourth-order valence-corrected chi connectivity index (χ4v) is 2.58. The fourth-order valence-electron chi connectivity index (χ4n) is 2.58. The zero-order valence-corrected chi connectivity index (χ0v) is 11.9. The molecule has 2 heteroatoms. The van der Waals surface area contributed by atoms with Crippen LogP contribution in [0.1, 0.15) is 38.7 Å². The summed E-state index contributed by atoms with van der Waals surface area (Å²) in [5.41, 5.74) is 2.81. The quantitative estimate of drug-likeness (QED) is 0.862. The fraction of sp³-hybridized carbons (Fsp3) is 0.625. The Balaban J connectivity index is 2.08. The second-order valence-corrected chi connectivity index (χ2v) is 5.86. The molecule has 18 heavy (non-hydrogen) atoms. The summed E-state index contributed by atoms with van der Waals surface area (Å²) < 4.78 is 0. The molecule has 1 fully saturated rings. The summed E-state index contributed by atoms with van der Waals surface area (Å²) in [6, 6.07) is 9.14. The van der Waals surface area contributed by atoms with Gasteiger partial charge in [-0.2, -0.15) is 0 Å². The molecule has 0 bridgehead atoms. The number of nitrogens with one attached hydrogen (secondary N) is 1. The van der Waals surface area contributed by atoms with E-state index in [9.17, 15) is 0 Å². The van der Waals surface area contributed by atoms with E-state index in [0.717, 1.165) is 25.6 Å². The van der Waals surface area contributed by atoms with E-state index in [1.165, 1.54) is 24.2 Å². The Morgan fingerprint density at radius 3 is 2.61 bits per heavy atom. The van der Waals surface area contributed by atoms with Gasteiger partial charge in [0.05, 0.1) is 0 Å². The number of hydrogen-bond donors (Lipinski definition) is 1. The first-order valence-electron chi connectivity index (χ1n) is 7.22. The molecule has 1 saturated heterocycles. The smallest absolute Gasteiger partial charge is 0.0366 e. The van der Waals surface area contributed by atoms with E-state index in [2.05, 4.69) is 55.3 Å². The minimum absolute atomic E-state index is 0.620. The number of hydrogen-bond acceptors (Lipinski definition) is 2. The van der Waals surface area contributed by atoms with Gasteiger partial charge in [-0.3, -0.25) is 0 Å². The minimum Gasteiger partial charge on any atom is -0.371 e. The van der Waals surface area contributed by atoms with Crippen LogP contribution < -0.4 is 10.2 Å². The third-order valence-corrected chi connectivity index (χ3v) is 3.73. The Hall–Kier alpha value is -1.02. The highest BCUT2D eigenvalue weighted by Gasteiger charge is 2.13. The Labute approximate surface area is 111 Å². The Kier molecular flexibility index (Phi) is 4.65. The van der Waals surface area contributed by atoms with Crippen molar-refractivity contribution in [1.82, 2.24) is 5.32 Å². The van der Waals surface area contributed by atoms with Crippen molar-refractivity contribution in [2.75, 3.05) is 31.1 Å². The van der Waals surface area contributed by atoms with Gasteiger partial charge in [0.1, 0.15) is 0 Å². The average Bonchev–Trinajstić information content (AvgIpc) is 2.34. The maximum Gasteiger partial charge on any atom is 0.0366 e. The highest BCUT2D eigenvalue weighted by molar-refractivity contribution is 5.48. The Morgan fingerprint density at radius 1 is 1.22 bits per heavy atom. The summed E-state index contributed by atoms with van der Waals surface area (Å²) in [6.07, 6.45) is 1.23. The molecule has 2 nitrogen and oxygen atoms in total. The lowest BCUT2D eigenvalue weighted by Gasteiger charge is -2.30. The number of rotatable bonds is 2. The molecule has 0 spiro atoms. The van der Waals surface area contributed by atoms with Crippen molar-refractivity contribution in [2.45, 2.75) is 33.1 Å². The van der Waals surface area contributed by atoms with Crippen LogP contribution in [-0.4, -0.2) is 26.2 Å². The normalized spacial score (nSPS) is 21.8. The van der Waals surface area contributed by atoms with Gasteiger partial charge in [0.2, 0.25) is 0 Å². The van der Waals surface area contributed by atoms with Gasteiger partial charge in [-0.25, -0.2) is 0 Å². The van der Waals surface area contributed by atoms with Crippen LogP contribution in [0.2, 0.25) is 0 Å². The van der Waals surface area contributed by atoms with E-state index < -0.39 is 0 Å². The van der Waals surface area contributed by atoms with E-state index in [1.54, 1.807) is 0 Å². The van der Waals surface area contributed by atoms with Crippen LogP contribution in [0, 0.1) is 5.92 Å². The van der Waals surface area contributed by atoms with Crippen LogP contribution in [0.3, 0.4) is 0 Å². The zero-order chi connectivity index (χ0) is 13.0. The number of anilines is 1. The van der Waals surface area contributed by atoms with E-state index >= 15 is 0 Å². The van der Waals surface area contributed by atoms with Gasteiger partial charge in [0, 0.05) is 18.8 Å². The topological polar surface area (TPSA) is 15.3 Å². The molecule has 1 aliphatic heterocycles. The predicted octanol–water partition coefficient (Wildman–Crippen LogP) is 3.25. The van der Waals surface area contributed by atoms with Gasteiger partial charge >= 0.3 is 0 Å². The van der Waals surface area contributed by atoms with Crippen molar-refractivity contribution in [3.8, 4) is 0 Å². The third-order valence-electron chi connectivity index (χ3n) is 3.73. The number of benzene rings is 1. The van der Waals surface area contributed by atoms with Gasteiger partial charge in [-0.1, -0.05) is 32.9 Å². The highest BCUT2D eigenvalue weighted by atomic mass is 15.1. The molecule has 1 N–H and O–H groups in total. The summed E-state index contributed by atoms with van der Waals surface area (Å²) in [4.78, 5) is 2.54. The van der Waals surface area contributed by atoms with Crippen molar-refractivity contribution >= 4 is 5.69 Å². The first-order valence-corrected chi connectivity index (χ1v) is 7.22. The predicted molar refractivity (Wildman–Crippen MR) is 79.4 cm³/mol. The van der Waals surface area contributed by atoms with Crippen molar-refractivity contribution in [1.29, 1.82) is 0 Å². The molecular weight excluding hydrogens is 220 g/mol. The van der Waals surface area contributed by atoms with Crippen LogP contribution in [0.5, 0.6) is 0 Å². The van der Waals surface area contributed by atoms with Crippen molar-refractivity contribution in [2.24, 2.45) is 5.92 Å². The van der Waals surface area contributed by atoms with E-state index in [1.807, 2.05) is 0 Å². The average molecular weight is 246 g/mol. The van der Waals surface area contributed by atoms with Crippen molar-refractivity contribution in [3.63, 3.8) is 0 Å². The third kappa shape index (κ3) is 3.49. The van der Waals surface area contributed by atoms with Gasteiger partial charge in [0.25, 0.3) is 0 Å². The molecule has 2 rings (SSSR count). The molecule has 1 heterocycles. The second-order valence-electron chi connectivity index (χ2n) is 5.86. The van der Waals surface area contributed by atoms with Crippen LogP contribution >= 0.6 is 0 Å². The molecule has 1 unspecified atom stereocenters. The van der Waals surface area contributed by atoms with E-state index in [4.69, 9.17) is 0 Å². The van der Waals surface area contributed by atoms with Crippen molar-refractivity contribution < 1.29 is 0 Å². The van der Waals surface area contributed by atoms with Crippen LogP contribution in [0.25, 0.3) is 0 Å². The van der Waals surface area contributed by atoms with Gasteiger partial charge < -0.3 is 10.2 Å². The lowest BCUT2D eigenvalue weighted by atomic mass is 10.0. The summed E-state index contributed by atoms with van der Waals surface area (Å²) in [5.74, 6) is 1.34. The molecule has 0 aliphatic carbocycles. The Morgan fingerprint density at radius 2 is 1.94 bits per heavy atom. The van der Waals surface area contributed by atoms with Crippen molar-refractivity contribution in [3.05, 3.63) is 29.8 Å².